The van der Waals surface area contributed by atoms with Crippen LogP contribution in [-0.2, 0) is 17.8 Å². The average Bonchev–Trinajstić information content (AvgIpc) is 3.17. The summed E-state index contributed by atoms with van der Waals surface area (Å²) in [6.45, 7) is 3.48. The van der Waals surface area contributed by atoms with Crippen molar-refractivity contribution in [3.63, 3.8) is 0 Å². The fourth-order valence-electron chi connectivity index (χ4n) is 3.70. The van der Waals surface area contributed by atoms with Crippen molar-refractivity contribution in [2.45, 2.75) is 25.8 Å². The molecule has 2 aliphatic heterocycles. The van der Waals surface area contributed by atoms with Gasteiger partial charge in [-0.2, -0.15) is 0 Å². The third-order valence-corrected chi connectivity index (χ3v) is 5.36. The smallest absolute Gasteiger partial charge is 0.246 e. The van der Waals surface area contributed by atoms with Crippen LogP contribution in [0.2, 0.25) is 5.02 Å². The van der Waals surface area contributed by atoms with Crippen molar-refractivity contribution in [1.29, 1.82) is 0 Å². The number of amides is 1. The van der Waals surface area contributed by atoms with Crippen LogP contribution in [0.4, 0.5) is 0 Å². The van der Waals surface area contributed by atoms with E-state index in [9.17, 15) is 4.79 Å². The zero-order chi connectivity index (χ0) is 16.7. The van der Waals surface area contributed by atoms with E-state index in [1.807, 2.05) is 23.1 Å². The molecule has 1 aromatic heterocycles. The summed E-state index contributed by atoms with van der Waals surface area (Å²) in [6.07, 6.45) is 6.58. The molecule has 4 rings (SSSR count). The highest BCUT2D eigenvalue weighted by atomic mass is 35.5. The molecular weight excluding hydrogens is 359 g/mol. The number of benzene rings is 1. The van der Waals surface area contributed by atoms with Crippen molar-refractivity contribution in [2.24, 2.45) is 0 Å². The van der Waals surface area contributed by atoms with Gasteiger partial charge in [0.15, 0.2) is 0 Å². The number of hydrogen-bond acceptors (Lipinski definition) is 3. The molecule has 6 heteroatoms. The Bertz CT molecular complexity index is 822. The van der Waals surface area contributed by atoms with Gasteiger partial charge in [-0.15, -0.1) is 12.4 Å². The van der Waals surface area contributed by atoms with E-state index in [2.05, 4.69) is 11.9 Å². The first-order valence-corrected chi connectivity index (χ1v) is 8.89. The van der Waals surface area contributed by atoms with Crippen LogP contribution in [-0.4, -0.2) is 42.4 Å². The highest BCUT2D eigenvalue weighted by molar-refractivity contribution is 6.32. The Balaban J connectivity index is 0.00000182. The first-order chi connectivity index (χ1) is 11.6. The summed E-state index contributed by atoms with van der Waals surface area (Å²) in [5, 5.41) is 1.92. The fourth-order valence-corrected chi connectivity index (χ4v) is 3.95. The molecule has 0 unspecified atom stereocenters. The molecule has 1 fully saturated rings. The minimum absolute atomic E-state index is 0. The molecule has 0 spiro atoms. The van der Waals surface area contributed by atoms with Crippen molar-refractivity contribution < 1.29 is 9.21 Å². The first kappa shape index (κ1) is 18.3. The van der Waals surface area contributed by atoms with E-state index < -0.39 is 0 Å². The molecule has 1 saturated heterocycles. The molecule has 0 radical (unpaired) electrons. The quantitative estimate of drug-likeness (QED) is 0.734. The van der Waals surface area contributed by atoms with Crippen LogP contribution in [0, 0.1) is 0 Å². The number of nitrogens with zero attached hydrogens (tertiary/aromatic N) is 2. The maximum absolute atomic E-state index is 12.3. The molecule has 2 aromatic rings. The zero-order valence-corrected chi connectivity index (χ0v) is 15.8. The summed E-state index contributed by atoms with van der Waals surface area (Å²) in [5.41, 5.74) is 3.14. The molecule has 0 atom stereocenters. The SMILES string of the molecule is CN1CCc2c(Cl)ccc3oc(C=CC(=O)N4CCCC4)c(c23)C1.Cl. The molecule has 0 saturated carbocycles. The highest BCUT2D eigenvalue weighted by Crippen LogP contribution is 2.36. The van der Waals surface area contributed by atoms with Crippen LogP contribution in [0.15, 0.2) is 22.6 Å². The molecule has 25 heavy (non-hydrogen) atoms. The summed E-state index contributed by atoms with van der Waals surface area (Å²) >= 11 is 6.41. The Morgan fingerprint density at radius 2 is 1.96 bits per heavy atom. The minimum atomic E-state index is 0. The summed E-state index contributed by atoms with van der Waals surface area (Å²) in [7, 11) is 2.10. The first-order valence-electron chi connectivity index (χ1n) is 8.52. The molecule has 1 aromatic carbocycles. The van der Waals surface area contributed by atoms with Crippen LogP contribution in [0.1, 0.15) is 29.7 Å². The number of furan rings is 1. The number of carbonyl (C=O) groups is 1. The highest BCUT2D eigenvalue weighted by Gasteiger charge is 2.23. The molecule has 1 amide bonds. The number of likely N-dealkylation sites (tertiary alicyclic amines) is 1. The maximum atomic E-state index is 12.3. The second-order valence-electron chi connectivity index (χ2n) is 6.70. The van der Waals surface area contributed by atoms with Crippen LogP contribution in [0.3, 0.4) is 0 Å². The molecule has 2 aliphatic rings. The van der Waals surface area contributed by atoms with Crippen molar-refractivity contribution in [1.82, 2.24) is 9.80 Å². The van der Waals surface area contributed by atoms with E-state index in [-0.39, 0.29) is 18.3 Å². The lowest BCUT2D eigenvalue weighted by Crippen LogP contribution is -2.25. The van der Waals surface area contributed by atoms with Gasteiger partial charge >= 0.3 is 0 Å². The zero-order valence-electron chi connectivity index (χ0n) is 14.3. The van der Waals surface area contributed by atoms with Crippen molar-refractivity contribution in [3.05, 3.63) is 40.1 Å². The van der Waals surface area contributed by atoms with Crippen LogP contribution in [0.25, 0.3) is 17.0 Å². The Kier molecular flexibility index (Phi) is 5.42. The van der Waals surface area contributed by atoms with Gasteiger partial charge in [0.2, 0.25) is 5.91 Å². The second kappa shape index (κ2) is 7.40. The van der Waals surface area contributed by atoms with E-state index in [1.54, 1.807) is 6.08 Å². The standard InChI is InChI=1S/C19H21ClN2O2.ClH/c1-21-11-8-13-15(20)4-5-17-19(13)14(12-21)16(24-17)6-7-18(23)22-9-2-3-10-22;/h4-7H,2-3,8-12H2,1H3;1H. The molecule has 0 N–H and O–H groups in total. The van der Waals surface area contributed by atoms with Crippen LogP contribution in [0.5, 0.6) is 0 Å². The Labute approximate surface area is 158 Å². The molecule has 4 nitrogen and oxygen atoms in total. The van der Waals surface area contributed by atoms with Gasteiger partial charge in [-0.1, -0.05) is 11.6 Å². The molecule has 0 aliphatic carbocycles. The predicted molar refractivity (Wildman–Crippen MR) is 103 cm³/mol. The lowest BCUT2D eigenvalue weighted by Gasteiger charge is -2.13. The molecular formula is C19H22Cl2N2O2. The predicted octanol–water partition coefficient (Wildman–Crippen LogP) is 4.13. The number of halogens is 2. The normalized spacial score (nSPS) is 17.9. The van der Waals surface area contributed by atoms with Gasteiger partial charge < -0.3 is 14.2 Å². The van der Waals surface area contributed by atoms with E-state index in [0.717, 1.165) is 78.3 Å². The van der Waals surface area contributed by atoms with Gasteiger partial charge in [0.05, 0.1) is 0 Å². The van der Waals surface area contributed by atoms with Gasteiger partial charge in [-0.25, -0.2) is 0 Å². The summed E-state index contributed by atoms with van der Waals surface area (Å²) in [4.78, 5) is 16.4. The van der Waals surface area contributed by atoms with E-state index in [0.29, 0.717) is 0 Å². The number of hydrogen-bond donors (Lipinski definition) is 0. The topological polar surface area (TPSA) is 36.7 Å². The summed E-state index contributed by atoms with van der Waals surface area (Å²) < 4.78 is 6.04. The van der Waals surface area contributed by atoms with Crippen LogP contribution < -0.4 is 0 Å². The largest absolute Gasteiger partial charge is 0.456 e. The van der Waals surface area contributed by atoms with Gasteiger partial charge in [-0.3, -0.25) is 4.79 Å². The van der Waals surface area contributed by atoms with Gasteiger partial charge in [0, 0.05) is 48.2 Å². The molecule has 0 bridgehead atoms. The van der Waals surface area contributed by atoms with Crippen molar-refractivity contribution in [3.8, 4) is 0 Å². The number of rotatable bonds is 2. The summed E-state index contributed by atoms with van der Waals surface area (Å²) in [5.74, 6) is 0.843. The lowest BCUT2D eigenvalue weighted by atomic mass is 10.0. The molecule has 3 heterocycles. The summed E-state index contributed by atoms with van der Waals surface area (Å²) in [6, 6.07) is 3.83. The van der Waals surface area contributed by atoms with Gasteiger partial charge in [0.1, 0.15) is 11.3 Å². The van der Waals surface area contributed by atoms with Crippen molar-refractivity contribution >= 4 is 47.0 Å². The monoisotopic (exact) mass is 380 g/mol. The third kappa shape index (κ3) is 3.43. The minimum Gasteiger partial charge on any atom is -0.456 e. The fraction of sp³-hybridized carbons (Fsp3) is 0.421. The number of carbonyl (C=O) groups excluding carboxylic acids is 1. The van der Waals surface area contributed by atoms with E-state index >= 15 is 0 Å². The second-order valence-corrected chi connectivity index (χ2v) is 7.10. The third-order valence-electron chi connectivity index (χ3n) is 5.00. The Morgan fingerprint density at radius 3 is 2.72 bits per heavy atom. The van der Waals surface area contributed by atoms with Gasteiger partial charge in [-0.05, 0) is 50.1 Å². The van der Waals surface area contributed by atoms with E-state index in [1.165, 1.54) is 0 Å². The number of likely N-dealkylation sites (N-methyl/N-ethyl adjacent to an activating group) is 1. The maximum Gasteiger partial charge on any atom is 0.246 e. The van der Waals surface area contributed by atoms with Gasteiger partial charge in [0.25, 0.3) is 0 Å². The van der Waals surface area contributed by atoms with E-state index in [4.69, 9.17) is 16.0 Å². The Hall–Kier alpha value is -1.49. The van der Waals surface area contributed by atoms with Crippen molar-refractivity contribution in [2.75, 3.05) is 26.7 Å². The van der Waals surface area contributed by atoms with Crippen LogP contribution >= 0.6 is 24.0 Å². The average molecular weight is 381 g/mol. The molecule has 134 valence electrons. The Morgan fingerprint density at radius 1 is 1.20 bits per heavy atom. The lowest BCUT2D eigenvalue weighted by molar-refractivity contribution is -0.124.